The van der Waals surface area contributed by atoms with Gasteiger partial charge in [0.05, 0.1) is 7.11 Å². The van der Waals surface area contributed by atoms with Crippen LogP contribution in [0.4, 0.5) is 0 Å². The SMILES string of the molecule is COC(=O)CCCC(C)(C)c1ccc(O)c(Br)c1O. The number of aromatic hydroxyl groups is 2. The van der Waals surface area contributed by atoms with Crippen molar-refractivity contribution in [3.8, 4) is 11.5 Å². The fraction of sp³-hybridized carbons (Fsp3) is 0.500. The highest BCUT2D eigenvalue weighted by Gasteiger charge is 2.26. The maximum Gasteiger partial charge on any atom is 0.305 e. The van der Waals surface area contributed by atoms with Gasteiger partial charge in [-0.15, -0.1) is 0 Å². The maximum atomic E-state index is 11.1. The molecule has 0 spiro atoms. The molecule has 1 aromatic carbocycles. The number of hydrogen-bond acceptors (Lipinski definition) is 4. The quantitative estimate of drug-likeness (QED) is 0.811. The third kappa shape index (κ3) is 3.86. The summed E-state index contributed by atoms with van der Waals surface area (Å²) in [6.07, 6.45) is 1.77. The number of ether oxygens (including phenoxy) is 1. The van der Waals surface area contributed by atoms with E-state index in [0.717, 1.165) is 12.0 Å². The van der Waals surface area contributed by atoms with E-state index < -0.39 is 0 Å². The van der Waals surface area contributed by atoms with Crippen molar-refractivity contribution in [3.05, 3.63) is 22.2 Å². The Morgan fingerprint density at radius 1 is 1.37 bits per heavy atom. The lowest BCUT2D eigenvalue weighted by Gasteiger charge is -2.26. The molecule has 0 amide bonds. The first-order valence-electron chi connectivity index (χ1n) is 6.07. The summed E-state index contributed by atoms with van der Waals surface area (Å²) in [6.45, 7) is 3.98. The number of carbonyl (C=O) groups excluding carboxylic acids is 1. The van der Waals surface area contributed by atoms with Crippen LogP contribution >= 0.6 is 15.9 Å². The van der Waals surface area contributed by atoms with Crippen LogP contribution in [0, 0.1) is 0 Å². The van der Waals surface area contributed by atoms with Crippen LogP contribution in [0.5, 0.6) is 11.5 Å². The number of carbonyl (C=O) groups is 1. The Bertz CT molecular complexity index is 469. The summed E-state index contributed by atoms with van der Waals surface area (Å²) < 4.78 is 4.90. The molecule has 0 aromatic heterocycles. The highest BCUT2D eigenvalue weighted by atomic mass is 79.9. The number of halogens is 1. The summed E-state index contributed by atoms with van der Waals surface area (Å²) in [7, 11) is 1.37. The summed E-state index contributed by atoms with van der Waals surface area (Å²) >= 11 is 3.15. The number of rotatable bonds is 5. The van der Waals surface area contributed by atoms with E-state index in [1.54, 1.807) is 12.1 Å². The molecule has 0 aliphatic heterocycles. The number of benzene rings is 1. The average molecular weight is 331 g/mol. The van der Waals surface area contributed by atoms with Crippen LogP contribution in [-0.2, 0) is 14.9 Å². The van der Waals surface area contributed by atoms with Gasteiger partial charge in [-0.2, -0.15) is 0 Å². The van der Waals surface area contributed by atoms with E-state index in [9.17, 15) is 15.0 Å². The molecule has 5 heteroatoms. The monoisotopic (exact) mass is 330 g/mol. The van der Waals surface area contributed by atoms with Crippen molar-refractivity contribution in [1.82, 2.24) is 0 Å². The maximum absolute atomic E-state index is 11.1. The fourth-order valence-electron chi connectivity index (χ4n) is 2.01. The molecule has 0 heterocycles. The Morgan fingerprint density at radius 3 is 2.58 bits per heavy atom. The first kappa shape index (κ1) is 15.8. The van der Waals surface area contributed by atoms with Crippen LogP contribution in [0.2, 0.25) is 0 Å². The second kappa shape index (κ2) is 6.28. The summed E-state index contributed by atoms with van der Waals surface area (Å²) in [5.41, 5.74) is 0.441. The summed E-state index contributed by atoms with van der Waals surface area (Å²) in [6, 6.07) is 3.24. The molecular weight excluding hydrogens is 312 g/mol. The first-order chi connectivity index (χ1) is 8.79. The lowest BCUT2D eigenvalue weighted by atomic mass is 9.79. The second-order valence-corrected chi connectivity index (χ2v) is 5.90. The van der Waals surface area contributed by atoms with E-state index in [0.29, 0.717) is 17.3 Å². The lowest BCUT2D eigenvalue weighted by Crippen LogP contribution is -2.18. The van der Waals surface area contributed by atoms with E-state index in [4.69, 9.17) is 0 Å². The number of phenols is 2. The van der Waals surface area contributed by atoms with Crippen LogP contribution in [-0.4, -0.2) is 23.3 Å². The van der Waals surface area contributed by atoms with Crippen molar-refractivity contribution in [2.24, 2.45) is 0 Å². The van der Waals surface area contributed by atoms with Gasteiger partial charge in [-0.1, -0.05) is 19.9 Å². The Balaban J connectivity index is 2.82. The molecule has 0 aliphatic rings. The van der Waals surface area contributed by atoms with Crippen molar-refractivity contribution in [1.29, 1.82) is 0 Å². The van der Waals surface area contributed by atoms with Crippen molar-refractivity contribution < 1.29 is 19.7 Å². The summed E-state index contributed by atoms with van der Waals surface area (Å²) in [5.74, 6) is -0.179. The van der Waals surface area contributed by atoms with Crippen molar-refractivity contribution in [3.63, 3.8) is 0 Å². The van der Waals surface area contributed by atoms with Gasteiger partial charge < -0.3 is 14.9 Å². The molecule has 0 aliphatic carbocycles. The van der Waals surface area contributed by atoms with Crippen molar-refractivity contribution in [2.45, 2.75) is 38.5 Å². The first-order valence-corrected chi connectivity index (χ1v) is 6.86. The van der Waals surface area contributed by atoms with Gasteiger partial charge in [-0.05, 0) is 40.3 Å². The van der Waals surface area contributed by atoms with Crippen molar-refractivity contribution >= 4 is 21.9 Å². The van der Waals surface area contributed by atoms with Crippen LogP contribution < -0.4 is 0 Å². The lowest BCUT2D eigenvalue weighted by molar-refractivity contribution is -0.140. The minimum atomic E-state index is -0.297. The Hall–Kier alpha value is -1.23. The topological polar surface area (TPSA) is 66.8 Å². The molecule has 0 bridgehead atoms. The van der Waals surface area contributed by atoms with Gasteiger partial charge in [0.25, 0.3) is 0 Å². The van der Waals surface area contributed by atoms with E-state index in [1.807, 2.05) is 13.8 Å². The molecular formula is C14H19BrO4. The average Bonchev–Trinajstić information content (AvgIpc) is 2.35. The molecule has 2 N–H and O–H groups in total. The molecule has 1 aromatic rings. The molecule has 0 unspecified atom stereocenters. The molecule has 1 rings (SSSR count). The third-order valence-corrected chi connectivity index (χ3v) is 4.02. The summed E-state index contributed by atoms with van der Waals surface area (Å²) in [5, 5.41) is 19.6. The molecule has 0 saturated carbocycles. The molecule has 19 heavy (non-hydrogen) atoms. The van der Waals surface area contributed by atoms with Crippen LogP contribution in [0.1, 0.15) is 38.7 Å². The predicted molar refractivity (Wildman–Crippen MR) is 76.4 cm³/mol. The minimum absolute atomic E-state index is 0.00612. The standard InChI is InChI=1S/C14H19BrO4/c1-14(2,8-4-5-11(17)19-3)9-6-7-10(16)12(15)13(9)18/h6-7,16,18H,4-5,8H2,1-3H3. The zero-order chi connectivity index (χ0) is 14.6. The molecule has 0 fully saturated rings. The molecule has 0 saturated heterocycles. The van der Waals surface area contributed by atoms with Crippen LogP contribution in [0.25, 0.3) is 0 Å². The molecule has 4 nitrogen and oxygen atoms in total. The Labute approximate surface area is 121 Å². The number of esters is 1. The number of methoxy groups -OCH3 is 1. The molecule has 0 radical (unpaired) electrons. The zero-order valence-corrected chi connectivity index (χ0v) is 13.0. The van der Waals surface area contributed by atoms with Gasteiger partial charge in [0.15, 0.2) is 0 Å². The predicted octanol–water partition coefficient (Wildman–Crippen LogP) is 3.48. The van der Waals surface area contributed by atoms with Crippen molar-refractivity contribution in [2.75, 3.05) is 7.11 Å². The molecule has 106 valence electrons. The van der Waals surface area contributed by atoms with E-state index in [1.165, 1.54) is 7.11 Å². The van der Waals surface area contributed by atoms with Gasteiger partial charge in [0.2, 0.25) is 0 Å². The Kier molecular flexibility index (Phi) is 5.23. The van der Waals surface area contributed by atoms with Gasteiger partial charge in [0, 0.05) is 12.0 Å². The smallest absolute Gasteiger partial charge is 0.305 e. The number of hydrogen-bond donors (Lipinski definition) is 2. The summed E-state index contributed by atoms with van der Waals surface area (Å²) in [4.78, 5) is 11.1. The zero-order valence-electron chi connectivity index (χ0n) is 11.4. The van der Waals surface area contributed by atoms with E-state index in [2.05, 4.69) is 20.7 Å². The number of phenolic OH excluding ortho intramolecular Hbond substituents is 2. The third-order valence-electron chi connectivity index (χ3n) is 3.24. The van der Waals surface area contributed by atoms with Crippen LogP contribution in [0.15, 0.2) is 16.6 Å². The highest BCUT2D eigenvalue weighted by Crippen LogP contribution is 2.42. The van der Waals surface area contributed by atoms with Gasteiger partial charge >= 0.3 is 5.97 Å². The molecule has 0 atom stereocenters. The Morgan fingerprint density at radius 2 is 2.00 bits per heavy atom. The minimum Gasteiger partial charge on any atom is -0.507 e. The van der Waals surface area contributed by atoms with Gasteiger partial charge in [0.1, 0.15) is 16.0 Å². The van der Waals surface area contributed by atoms with Gasteiger partial charge in [-0.3, -0.25) is 4.79 Å². The largest absolute Gasteiger partial charge is 0.507 e. The van der Waals surface area contributed by atoms with Crippen LogP contribution in [0.3, 0.4) is 0 Å². The van der Waals surface area contributed by atoms with E-state index in [-0.39, 0.29) is 22.9 Å². The highest BCUT2D eigenvalue weighted by molar-refractivity contribution is 9.10. The fourth-order valence-corrected chi connectivity index (χ4v) is 2.36. The second-order valence-electron chi connectivity index (χ2n) is 5.11. The van der Waals surface area contributed by atoms with E-state index >= 15 is 0 Å². The van der Waals surface area contributed by atoms with Gasteiger partial charge in [-0.25, -0.2) is 0 Å². The normalized spacial score (nSPS) is 11.4.